The maximum Gasteiger partial charge on any atom is 0.306 e. The first kappa shape index (κ1) is 16.5. The van der Waals surface area contributed by atoms with Gasteiger partial charge in [-0.05, 0) is 19.1 Å². The lowest BCUT2D eigenvalue weighted by molar-refractivity contribution is -0.141. The van der Waals surface area contributed by atoms with E-state index in [9.17, 15) is 27.1 Å². The van der Waals surface area contributed by atoms with E-state index in [4.69, 9.17) is 5.11 Å². The number of aliphatic carboxylic acids is 1. The second-order valence-electron chi connectivity index (χ2n) is 4.50. The number of halogens is 2. The Hall–Kier alpha value is -1.58. The number of carboxylic acids is 1. The second-order valence-corrected chi connectivity index (χ2v) is 6.26. The normalized spacial score (nSPS) is 14.8. The van der Waals surface area contributed by atoms with Crippen molar-refractivity contribution in [3.8, 4) is 0 Å². The van der Waals surface area contributed by atoms with Crippen LogP contribution >= 0.6 is 0 Å². The Morgan fingerprint density at radius 3 is 2.25 bits per heavy atom. The van der Waals surface area contributed by atoms with Gasteiger partial charge >= 0.3 is 5.97 Å². The van der Waals surface area contributed by atoms with Crippen LogP contribution in [0.15, 0.2) is 23.1 Å². The van der Waals surface area contributed by atoms with E-state index in [1.807, 2.05) is 4.72 Å². The fourth-order valence-electron chi connectivity index (χ4n) is 1.41. The van der Waals surface area contributed by atoms with Crippen LogP contribution in [-0.4, -0.2) is 36.7 Å². The quantitative estimate of drug-likeness (QED) is 0.708. The topological polar surface area (TPSA) is 104 Å². The number of rotatable bonds is 6. The predicted molar refractivity (Wildman–Crippen MR) is 64.4 cm³/mol. The van der Waals surface area contributed by atoms with Gasteiger partial charge < -0.3 is 10.2 Å². The number of carbonyl (C=O) groups is 1. The Bertz CT molecular complexity index is 595. The van der Waals surface area contributed by atoms with E-state index in [2.05, 4.69) is 0 Å². The Labute approximate surface area is 114 Å². The fraction of sp³-hybridized carbons (Fsp3) is 0.364. The van der Waals surface area contributed by atoms with Crippen LogP contribution in [0.5, 0.6) is 0 Å². The Morgan fingerprint density at radius 2 is 1.80 bits per heavy atom. The molecule has 1 atom stereocenters. The Morgan fingerprint density at radius 1 is 1.30 bits per heavy atom. The minimum atomic E-state index is -4.26. The van der Waals surface area contributed by atoms with Crippen LogP contribution in [0, 0.1) is 11.6 Å². The molecule has 1 aromatic rings. The number of nitrogens with one attached hydrogen (secondary N) is 1. The highest BCUT2D eigenvalue weighted by Crippen LogP contribution is 2.15. The SMILES string of the molecule is CC(O)(CNS(=O)(=O)c1cc(F)cc(F)c1)CC(=O)O. The highest BCUT2D eigenvalue weighted by molar-refractivity contribution is 7.89. The highest BCUT2D eigenvalue weighted by Gasteiger charge is 2.27. The average Bonchev–Trinajstić information content (AvgIpc) is 2.23. The number of aliphatic hydroxyl groups is 1. The molecule has 0 aliphatic heterocycles. The first-order valence-electron chi connectivity index (χ1n) is 5.42. The van der Waals surface area contributed by atoms with Crippen molar-refractivity contribution in [1.29, 1.82) is 0 Å². The van der Waals surface area contributed by atoms with Crippen LogP contribution in [0.4, 0.5) is 8.78 Å². The van der Waals surface area contributed by atoms with Crippen LogP contribution in [0.25, 0.3) is 0 Å². The fourth-order valence-corrected chi connectivity index (χ4v) is 2.61. The van der Waals surface area contributed by atoms with Gasteiger partial charge in [0, 0.05) is 12.6 Å². The molecule has 0 fully saturated rings. The van der Waals surface area contributed by atoms with E-state index in [0.29, 0.717) is 18.2 Å². The zero-order valence-corrected chi connectivity index (χ0v) is 11.2. The zero-order valence-electron chi connectivity index (χ0n) is 10.4. The minimum absolute atomic E-state index is 0.513. The molecule has 9 heteroatoms. The number of carboxylic acid groups (broad SMARTS) is 1. The highest BCUT2D eigenvalue weighted by atomic mass is 32.2. The average molecular weight is 309 g/mol. The minimum Gasteiger partial charge on any atom is -0.481 e. The van der Waals surface area contributed by atoms with Gasteiger partial charge in [0.05, 0.1) is 16.9 Å². The van der Waals surface area contributed by atoms with E-state index in [-0.39, 0.29) is 0 Å². The third-order valence-corrected chi connectivity index (χ3v) is 3.70. The van der Waals surface area contributed by atoms with Crippen LogP contribution < -0.4 is 4.72 Å². The molecule has 0 aromatic heterocycles. The van der Waals surface area contributed by atoms with Gasteiger partial charge in [0.1, 0.15) is 11.6 Å². The van der Waals surface area contributed by atoms with Gasteiger partial charge in [-0.1, -0.05) is 0 Å². The lowest BCUT2D eigenvalue weighted by atomic mass is 10.0. The summed E-state index contributed by atoms with van der Waals surface area (Å²) in [4.78, 5) is 9.81. The summed E-state index contributed by atoms with van der Waals surface area (Å²) < 4.78 is 51.3. The zero-order chi connectivity index (χ0) is 15.6. The smallest absolute Gasteiger partial charge is 0.306 e. The summed E-state index contributed by atoms with van der Waals surface area (Å²) in [7, 11) is -4.26. The van der Waals surface area contributed by atoms with Crippen molar-refractivity contribution in [3.05, 3.63) is 29.8 Å². The molecule has 0 bridgehead atoms. The standard InChI is InChI=1S/C11H13F2NO5S/c1-11(17,5-10(15)16)6-14-20(18,19)9-3-7(12)2-8(13)4-9/h2-4,14,17H,5-6H2,1H3,(H,15,16). The van der Waals surface area contributed by atoms with Gasteiger partial charge in [-0.2, -0.15) is 0 Å². The van der Waals surface area contributed by atoms with Crippen molar-refractivity contribution in [3.63, 3.8) is 0 Å². The molecule has 0 heterocycles. The molecule has 0 spiro atoms. The van der Waals surface area contributed by atoms with Gasteiger partial charge in [0.2, 0.25) is 10.0 Å². The molecule has 0 amide bonds. The monoisotopic (exact) mass is 309 g/mol. The molecule has 0 aliphatic carbocycles. The van der Waals surface area contributed by atoms with Gasteiger partial charge in [-0.3, -0.25) is 4.79 Å². The van der Waals surface area contributed by atoms with Crippen LogP contribution in [0.2, 0.25) is 0 Å². The lowest BCUT2D eigenvalue weighted by Crippen LogP contribution is -2.42. The maximum absolute atomic E-state index is 12.9. The number of sulfonamides is 1. The molecule has 1 rings (SSSR count). The molecule has 0 aliphatic rings. The molecule has 112 valence electrons. The summed E-state index contributed by atoms with van der Waals surface area (Å²) >= 11 is 0. The lowest BCUT2D eigenvalue weighted by Gasteiger charge is -2.21. The maximum atomic E-state index is 12.9. The predicted octanol–water partition coefficient (Wildman–Crippen LogP) is 0.469. The molecular weight excluding hydrogens is 296 g/mol. The Balaban J connectivity index is 2.88. The van der Waals surface area contributed by atoms with Gasteiger partial charge in [0.15, 0.2) is 0 Å². The van der Waals surface area contributed by atoms with E-state index < -0.39 is 51.1 Å². The van der Waals surface area contributed by atoms with Crippen molar-refractivity contribution in [2.75, 3.05) is 6.54 Å². The van der Waals surface area contributed by atoms with Crippen LogP contribution in [-0.2, 0) is 14.8 Å². The molecule has 20 heavy (non-hydrogen) atoms. The number of hydrogen-bond acceptors (Lipinski definition) is 4. The summed E-state index contributed by atoms with van der Waals surface area (Å²) in [6, 6.07) is 1.73. The molecule has 0 saturated heterocycles. The van der Waals surface area contributed by atoms with Gasteiger partial charge in [0.25, 0.3) is 0 Å². The first-order chi connectivity index (χ1) is 9.02. The van der Waals surface area contributed by atoms with E-state index in [0.717, 1.165) is 6.92 Å². The van der Waals surface area contributed by atoms with Crippen LogP contribution in [0.3, 0.4) is 0 Å². The number of hydrogen-bond donors (Lipinski definition) is 3. The van der Waals surface area contributed by atoms with Gasteiger partial charge in [-0.15, -0.1) is 0 Å². The Kier molecular flexibility index (Phi) is 4.79. The molecule has 3 N–H and O–H groups in total. The third-order valence-electron chi connectivity index (χ3n) is 2.32. The molecule has 1 unspecified atom stereocenters. The summed E-state index contributed by atoms with van der Waals surface area (Å²) in [5.41, 5.74) is -1.83. The molecular formula is C11H13F2NO5S. The van der Waals surface area contributed by atoms with Crippen molar-refractivity contribution >= 4 is 16.0 Å². The van der Waals surface area contributed by atoms with Crippen LogP contribution in [0.1, 0.15) is 13.3 Å². The molecule has 0 saturated carbocycles. The molecule has 0 radical (unpaired) electrons. The third kappa shape index (κ3) is 4.83. The number of benzene rings is 1. The van der Waals surface area contributed by atoms with Crippen molar-refractivity contribution < 1.29 is 32.2 Å². The molecule has 1 aromatic carbocycles. The van der Waals surface area contributed by atoms with Gasteiger partial charge in [-0.25, -0.2) is 21.9 Å². The van der Waals surface area contributed by atoms with Crippen molar-refractivity contribution in [1.82, 2.24) is 4.72 Å². The summed E-state index contributed by atoms with van der Waals surface area (Å²) in [5.74, 6) is -3.45. The van der Waals surface area contributed by atoms with Crippen molar-refractivity contribution in [2.24, 2.45) is 0 Å². The second kappa shape index (κ2) is 5.81. The van der Waals surface area contributed by atoms with Crippen molar-refractivity contribution in [2.45, 2.75) is 23.8 Å². The summed E-state index contributed by atoms with van der Waals surface area (Å²) in [6.45, 7) is 0.509. The molecule has 6 nitrogen and oxygen atoms in total. The summed E-state index contributed by atoms with van der Waals surface area (Å²) in [5, 5.41) is 18.2. The van der Waals surface area contributed by atoms with E-state index >= 15 is 0 Å². The van der Waals surface area contributed by atoms with E-state index in [1.54, 1.807) is 0 Å². The van der Waals surface area contributed by atoms with E-state index in [1.165, 1.54) is 0 Å². The summed E-state index contributed by atoms with van der Waals surface area (Å²) in [6.07, 6.45) is -0.687. The largest absolute Gasteiger partial charge is 0.481 e. The first-order valence-corrected chi connectivity index (χ1v) is 6.90.